The predicted molar refractivity (Wildman–Crippen MR) is 130 cm³/mol. The zero-order valence-electron chi connectivity index (χ0n) is 19.7. The number of anilines is 2. The van der Waals surface area contributed by atoms with Gasteiger partial charge in [0, 0.05) is 23.0 Å². The number of carboxylic acid groups (broad SMARTS) is 1. The Kier molecular flexibility index (Phi) is 6.49. The minimum Gasteiger partial charge on any atom is -0.497 e. The van der Waals surface area contributed by atoms with Crippen molar-refractivity contribution in [3.63, 3.8) is 0 Å². The standard InChI is InChI=1S/C25H20F2N4O6/c1-10-18(28-11(2)21(10)24(34)35)8-15-14-7-17(27)20(9-19(14)29-23(15)33)30-25(36)31-22(32)13-5-4-12(37-3)6-16(13)26/h4-9,28H,1-3H3,(H,29,33)(H,34,35)(H2,30,31,32,36). The maximum absolute atomic E-state index is 14.9. The van der Waals surface area contributed by atoms with Crippen molar-refractivity contribution < 1.29 is 37.8 Å². The normalized spacial score (nSPS) is 13.2. The highest BCUT2D eigenvalue weighted by Crippen LogP contribution is 2.37. The van der Waals surface area contributed by atoms with Crippen LogP contribution in [0.15, 0.2) is 30.3 Å². The van der Waals surface area contributed by atoms with Gasteiger partial charge >= 0.3 is 12.0 Å². The Bertz CT molecular complexity index is 1530. The molecule has 4 amide bonds. The smallest absolute Gasteiger partial charge is 0.337 e. The first-order chi connectivity index (χ1) is 17.5. The molecule has 5 N–H and O–H groups in total. The summed E-state index contributed by atoms with van der Waals surface area (Å²) < 4.78 is 33.8. The molecule has 4 rings (SSSR count). The lowest BCUT2D eigenvalue weighted by atomic mass is 10.0. The summed E-state index contributed by atoms with van der Waals surface area (Å²) in [7, 11) is 1.32. The number of halogens is 2. The monoisotopic (exact) mass is 510 g/mol. The molecule has 0 unspecified atom stereocenters. The third kappa shape index (κ3) is 4.76. The van der Waals surface area contributed by atoms with Gasteiger partial charge in [0.05, 0.1) is 35.2 Å². The quantitative estimate of drug-likeness (QED) is 0.327. The van der Waals surface area contributed by atoms with Crippen LogP contribution in [-0.4, -0.2) is 41.0 Å². The number of aromatic amines is 1. The number of rotatable bonds is 5. The van der Waals surface area contributed by atoms with Crippen LogP contribution in [0.25, 0.3) is 11.6 Å². The molecule has 2 aromatic carbocycles. The number of hydrogen-bond acceptors (Lipinski definition) is 5. The van der Waals surface area contributed by atoms with E-state index in [1.54, 1.807) is 13.8 Å². The summed E-state index contributed by atoms with van der Waals surface area (Å²) in [6.07, 6.45) is 1.41. The van der Waals surface area contributed by atoms with Gasteiger partial charge in [-0.05, 0) is 49.8 Å². The molecule has 37 heavy (non-hydrogen) atoms. The van der Waals surface area contributed by atoms with Gasteiger partial charge in [-0.1, -0.05) is 0 Å². The SMILES string of the molecule is COc1ccc(C(=O)NC(=O)Nc2cc3c(cc2F)C(=Cc2[nH]c(C)c(C(=O)O)c2C)C(=O)N3)c(F)c1. The molecule has 10 nitrogen and oxygen atoms in total. The first-order valence-electron chi connectivity index (χ1n) is 10.8. The van der Waals surface area contributed by atoms with Crippen molar-refractivity contribution in [2.75, 3.05) is 17.7 Å². The zero-order chi connectivity index (χ0) is 27.0. The second-order valence-corrected chi connectivity index (χ2v) is 8.11. The Morgan fingerprint density at radius 1 is 1.08 bits per heavy atom. The molecule has 0 fully saturated rings. The molecule has 1 aromatic heterocycles. The van der Waals surface area contributed by atoms with Crippen LogP contribution in [0.4, 0.5) is 25.0 Å². The van der Waals surface area contributed by atoms with Gasteiger partial charge in [-0.2, -0.15) is 0 Å². The molecule has 2 heterocycles. The number of imide groups is 1. The molecule has 12 heteroatoms. The Hall–Kier alpha value is -5.00. The Morgan fingerprint density at radius 2 is 1.81 bits per heavy atom. The summed E-state index contributed by atoms with van der Waals surface area (Å²) >= 11 is 0. The van der Waals surface area contributed by atoms with Crippen LogP contribution in [0.2, 0.25) is 0 Å². The first kappa shape index (κ1) is 25.1. The number of H-pyrrole nitrogens is 1. The van der Waals surface area contributed by atoms with Crippen molar-refractivity contribution in [1.29, 1.82) is 0 Å². The van der Waals surface area contributed by atoms with Gasteiger partial charge in [-0.3, -0.25) is 14.9 Å². The van der Waals surface area contributed by atoms with Gasteiger partial charge in [0.15, 0.2) is 0 Å². The van der Waals surface area contributed by atoms with E-state index in [4.69, 9.17) is 4.74 Å². The summed E-state index contributed by atoms with van der Waals surface area (Å²) in [6, 6.07) is 4.49. The van der Waals surface area contributed by atoms with Gasteiger partial charge in [-0.15, -0.1) is 0 Å². The molecular formula is C25H20F2N4O6. The van der Waals surface area contributed by atoms with Crippen molar-refractivity contribution in [2.24, 2.45) is 0 Å². The second-order valence-electron chi connectivity index (χ2n) is 8.11. The molecule has 0 saturated heterocycles. The van der Waals surface area contributed by atoms with E-state index in [1.165, 1.54) is 19.3 Å². The highest BCUT2D eigenvalue weighted by Gasteiger charge is 2.28. The second kappa shape index (κ2) is 9.57. The van der Waals surface area contributed by atoms with Crippen LogP contribution in [0.5, 0.6) is 5.75 Å². The summed E-state index contributed by atoms with van der Waals surface area (Å²) in [4.78, 5) is 51.5. The number of amides is 4. The number of ether oxygens (including phenoxy) is 1. The fraction of sp³-hybridized carbons (Fsp3) is 0.120. The van der Waals surface area contributed by atoms with E-state index in [2.05, 4.69) is 15.6 Å². The van der Waals surface area contributed by atoms with Crippen LogP contribution >= 0.6 is 0 Å². The number of urea groups is 1. The molecule has 0 bridgehead atoms. The lowest BCUT2D eigenvalue weighted by Crippen LogP contribution is -2.35. The molecule has 190 valence electrons. The summed E-state index contributed by atoms with van der Waals surface area (Å²) in [5, 5.41) is 16.0. The Balaban J connectivity index is 1.56. The van der Waals surface area contributed by atoms with Gasteiger partial charge in [0.1, 0.15) is 17.4 Å². The van der Waals surface area contributed by atoms with E-state index in [0.29, 0.717) is 17.0 Å². The molecule has 0 radical (unpaired) electrons. The van der Waals surface area contributed by atoms with E-state index < -0.39 is 41.0 Å². The lowest BCUT2D eigenvalue weighted by Gasteiger charge is -2.10. The molecular weight excluding hydrogens is 490 g/mol. The molecule has 1 aliphatic rings. The van der Waals surface area contributed by atoms with Crippen molar-refractivity contribution in [1.82, 2.24) is 10.3 Å². The molecule has 0 aliphatic carbocycles. The van der Waals surface area contributed by atoms with Gasteiger partial charge in [-0.25, -0.2) is 18.4 Å². The maximum Gasteiger partial charge on any atom is 0.337 e. The number of fused-ring (bicyclic) bond motifs is 1. The fourth-order valence-corrected chi connectivity index (χ4v) is 3.97. The number of carbonyl (C=O) groups excluding carboxylic acids is 3. The van der Waals surface area contributed by atoms with E-state index in [-0.39, 0.29) is 33.8 Å². The van der Waals surface area contributed by atoms with E-state index in [9.17, 15) is 33.1 Å². The zero-order valence-corrected chi connectivity index (χ0v) is 19.7. The number of carbonyl (C=O) groups is 4. The Morgan fingerprint density at radius 3 is 2.43 bits per heavy atom. The average molecular weight is 510 g/mol. The molecule has 0 atom stereocenters. The number of methoxy groups -OCH3 is 1. The third-order valence-corrected chi connectivity index (χ3v) is 5.77. The average Bonchev–Trinajstić information content (AvgIpc) is 3.28. The number of hydrogen-bond donors (Lipinski definition) is 5. The number of aromatic nitrogens is 1. The minimum absolute atomic E-state index is 0.0753. The van der Waals surface area contributed by atoms with Gasteiger partial charge in [0.25, 0.3) is 11.8 Å². The summed E-state index contributed by atoms with van der Waals surface area (Å²) in [6.45, 7) is 3.16. The third-order valence-electron chi connectivity index (χ3n) is 5.77. The van der Waals surface area contributed by atoms with E-state index in [1.807, 2.05) is 5.32 Å². The number of aryl methyl sites for hydroxylation is 1. The first-order valence-corrected chi connectivity index (χ1v) is 10.8. The number of carboxylic acids is 1. The largest absolute Gasteiger partial charge is 0.497 e. The lowest BCUT2D eigenvalue weighted by molar-refractivity contribution is -0.110. The summed E-state index contributed by atoms with van der Waals surface area (Å²) in [5.74, 6) is -4.40. The topological polar surface area (TPSA) is 150 Å². The van der Waals surface area contributed by atoms with Crippen LogP contribution in [-0.2, 0) is 4.79 Å². The fourth-order valence-electron chi connectivity index (χ4n) is 3.97. The van der Waals surface area contributed by atoms with Crippen LogP contribution in [0.3, 0.4) is 0 Å². The van der Waals surface area contributed by atoms with Crippen LogP contribution in [0.1, 0.15) is 43.2 Å². The van der Waals surface area contributed by atoms with Gasteiger partial charge < -0.3 is 25.5 Å². The van der Waals surface area contributed by atoms with Crippen molar-refractivity contribution in [3.8, 4) is 5.75 Å². The van der Waals surface area contributed by atoms with Crippen molar-refractivity contribution in [3.05, 3.63) is 75.6 Å². The highest BCUT2D eigenvalue weighted by molar-refractivity contribution is 6.35. The van der Waals surface area contributed by atoms with E-state index in [0.717, 1.165) is 24.3 Å². The number of benzene rings is 2. The highest BCUT2D eigenvalue weighted by atomic mass is 19.1. The number of nitrogens with one attached hydrogen (secondary N) is 4. The molecule has 0 saturated carbocycles. The van der Waals surface area contributed by atoms with E-state index >= 15 is 0 Å². The minimum atomic E-state index is -1.13. The molecule has 3 aromatic rings. The summed E-state index contributed by atoms with van der Waals surface area (Å²) in [5.41, 5.74) is 0.938. The van der Waals surface area contributed by atoms with Gasteiger partial charge in [0.2, 0.25) is 0 Å². The Labute approximate surface area is 208 Å². The van der Waals surface area contributed by atoms with Crippen LogP contribution in [0, 0.1) is 25.5 Å². The van der Waals surface area contributed by atoms with Crippen LogP contribution < -0.4 is 20.7 Å². The molecule has 0 spiro atoms. The predicted octanol–water partition coefficient (Wildman–Crippen LogP) is 4.07. The molecule has 1 aliphatic heterocycles. The van der Waals surface area contributed by atoms with Crippen molar-refractivity contribution in [2.45, 2.75) is 13.8 Å². The maximum atomic E-state index is 14.9. The number of aromatic carboxylic acids is 1. The van der Waals surface area contributed by atoms with Crippen molar-refractivity contribution >= 4 is 46.8 Å².